The van der Waals surface area contributed by atoms with Gasteiger partial charge in [0, 0.05) is 24.5 Å². The molecule has 1 aliphatic heterocycles. The largest absolute Gasteiger partial charge is 0.338 e. The average molecular weight is 272 g/mol. The van der Waals surface area contributed by atoms with Crippen molar-refractivity contribution in [1.29, 1.82) is 0 Å². The van der Waals surface area contributed by atoms with Gasteiger partial charge in [0.2, 0.25) is 0 Å². The van der Waals surface area contributed by atoms with E-state index in [1.54, 1.807) is 10.7 Å². The van der Waals surface area contributed by atoms with Crippen molar-refractivity contribution >= 4 is 11.6 Å². The summed E-state index contributed by atoms with van der Waals surface area (Å²) in [5, 5.41) is 4.30. The zero-order chi connectivity index (χ0) is 14.3. The summed E-state index contributed by atoms with van der Waals surface area (Å²) in [5.41, 5.74) is 3.20. The lowest BCUT2D eigenvalue weighted by Gasteiger charge is -2.30. The zero-order valence-corrected chi connectivity index (χ0v) is 12.3. The molecule has 0 aromatic carbocycles. The second-order valence-corrected chi connectivity index (χ2v) is 5.83. The minimum atomic E-state index is 0.0593. The molecule has 2 aromatic rings. The van der Waals surface area contributed by atoms with Crippen LogP contribution in [-0.4, -0.2) is 38.5 Å². The first kappa shape index (κ1) is 13.1. The smallest absolute Gasteiger partial charge is 0.259 e. The highest BCUT2D eigenvalue weighted by Gasteiger charge is 2.25. The second kappa shape index (κ2) is 4.89. The van der Waals surface area contributed by atoms with Gasteiger partial charge < -0.3 is 4.90 Å². The van der Waals surface area contributed by atoms with E-state index < -0.39 is 0 Å². The predicted molar refractivity (Wildman–Crippen MR) is 76.8 cm³/mol. The monoisotopic (exact) mass is 272 g/mol. The maximum atomic E-state index is 12.7. The Labute approximate surface area is 118 Å². The Bertz CT molecular complexity index is 661. The number of carbonyl (C=O) groups excluding carboxylic acids is 1. The number of aromatic nitrogens is 3. The molecular weight excluding hydrogens is 252 g/mol. The van der Waals surface area contributed by atoms with E-state index in [0.717, 1.165) is 30.9 Å². The van der Waals surface area contributed by atoms with Crippen LogP contribution in [0.1, 0.15) is 41.5 Å². The Kier molecular flexibility index (Phi) is 3.20. The molecule has 1 atom stereocenters. The first-order valence-corrected chi connectivity index (χ1v) is 7.17. The summed E-state index contributed by atoms with van der Waals surface area (Å²) >= 11 is 0. The van der Waals surface area contributed by atoms with Gasteiger partial charge in [0.05, 0.1) is 6.20 Å². The lowest BCUT2D eigenvalue weighted by molar-refractivity contribution is 0.0685. The molecule has 2 aromatic heterocycles. The Hall–Kier alpha value is -1.91. The number of likely N-dealkylation sites (tertiary alicyclic amines) is 1. The topological polar surface area (TPSA) is 50.5 Å². The molecule has 5 nitrogen and oxygen atoms in total. The Morgan fingerprint density at radius 1 is 1.40 bits per heavy atom. The number of amides is 1. The summed E-state index contributed by atoms with van der Waals surface area (Å²) < 4.78 is 1.74. The molecule has 0 bridgehead atoms. The van der Waals surface area contributed by atoms with Crippen molar-refractivity contribution in [1.82, 2.24) is 19.5 Å². The molecule has 0 spiro atoms. The van der Waals surface area contributed by atoms with Crippen LogP contribution in [0.4, 0.5) is 0 Å². The van der Waals surface area contributed by atoms with Gasteiger partial charge >= 0.3 is 0 Å². The number of carbonyl (C=O) groups is 1. The van der Waals surface area contributed by atoms with Gasteiger partial charge in [-0.05, 0) is 38.7 Å². The summed E-state index contributed by atoms with van der Waals surface area (Å²) in [4.78, 5) is 19.1. The summed E-state index contributed by atoms with van der Waals surface area (Å²) in [6.07, 6.45) is 3.93. The van der Waals surface area contributed by atoms with Crippen LogP contribution in [-0.2, 0) is 0 Å². The fourth-order valence-electron chi connectivity index (χ4n) is 2.97. The van der Waals surface area contributed by atoms with Crippen LogP contribution in [0.5, 0.6) is 0 Å². The fourth-order valence-corrected chi connectivity index (χ4v) is 2.97. The van der Waals surface area contributed by atoms with E-state index in [2.05, 4.69) is 17.0 Å². The van der Waals surface area contributed by atoms with Crippen LogP contribution in [0.25, 0.3) is 5.65 Å². The predicted octanol–water partition coefficient (Wildman–Crippen LogP) is 2.22. The van der Waals surface area contributed by atoms with Crippen LogP contribution in [0.15, 0.2) is 12.3 Å². The Balaban J connectivity index is 1.99. The minimum Gasteiger partial charge on any atom is -0.338 e. The highest BCUT2D eigenvalue weighted by atomic mass is 16.2. The molecule has 0 saturated carbocycles. The number of piperidine rings is 1. The van der Waals surface area contributed by atoms with Crippen molar-refractivity contribution < 1.29 is 4.79 Å². The molecule has 1 aliphatic rings. The Morgan fingerprint density at radius 2 is 2.20 bits per heavy atom. The number of aryl methyl sites for hydroxylation is 2. The maximum Gasteiger partial charge on any atom is 0.259 e. The molecule has 1 fully saturated rings. The van der Waals surface area contributed by atoms with Gasteiger partial charge in [0.25, 0.3) is 5.91 Å². The molecule has 0 radical (unpaired) electrons. The first-order valence-electron chi connectivity index (χ1n) is 7.17. The first-order chi connectivity index (χ1) is 9.56. The molecular formula is C15H20N4O. The van der Waals surface area contributed by atoms with Crippen molar-refractivity contribution in [2.45, 2.75) is 33.6 Å². The third-order valence-corrected chi connectivity index (χ3v) is 3.95. The van der Waals surface area contributed by atoms with Gasteiger partial charge in [0.1, 0.15) is 5.56 Å². The molecule has 3 rings (SSSR count). The van der Waals surface area contributed by atoms with Crippen molar-refractivity contribution in [3.8, 4) is 0 Å². The average Bonchev–Trinajstić information content (AvgIpc) is 2.81. The van der Waals surface area contributed by atoms with E-state index in [1.807, 2.05) is 24.8 Å². The van der Waals surface area contributed by atoms with E-state index in [-0.39, 0.29) is 5.91 Å². The lowest BCUT2D eigenvalue weighted by atomic mass is 10.00. The van der Waals surface area contributed by atoms with Crippen LogP contribution < -0.4 is 0 Å². The third kappa shape index (κ3) is 2.17. The van der Waals surface area contributed by atoms with Gasteiger partial charge in [-0.15, -0.1) is 0 Å². The van der Waals surface area contributed by atoms with Crippen LogP contribution in [0.2, 0.25) is 0 Å². The summed E-state index contributed by atoms with van der Waals surface area (Å²) in [7, 11) is 0. The van der Waals surface area contributed by atoms with Crippen LogP contribution >= 0.6 is 0 Å². The number of hydrogen-bond donors (Lipinski definition) is 0. The highest BCUT2D eigenvalue weighted by molar-refractivity contribution is 5.99. The molecule has 5 heteroatoms. The molecule has 20 heavy (non-hydrogen) atoms. The number of fused-ring (bicyclic) bond motifs is 1. The van der Waals surface area contributed by atoms with Gasteiger partial charge in [-0.25, -0.2) is 9.50 Å². The molecule has 0 N–H and O–H groups in total. The van der Waals surface area contributed by atoms with E-state index >= 15 is 0 Å². The molecule has 1 amide bonds. The van der Waals surface area contributed by atoms with Gasteiger partial charge in [0.15, 0.2) is 5.65 Å². The fraction of sp³-hybridized carbons (Fsp3) is 0.533. The normalized spacial score (nSPS) is 19.6. The van der Waals surface area contributed by atoms with Gasteiger partial charge in [-0.2, -0.15) is 5.10 Å². The number of hydrogen-bond acceptors (Lipinski definition) is 3. The van der Waals surface area contributed by atoms with Crippen molar-refractivity contribution in [2.24, 2.45) is 5.92 Å². The molecule has 1 saturated heterocycles. The minimum absolute atomic E-state index is 0.0593. The van der Waals surface area contributed by atoms with Crippen LogP contribution in [0, 0.1) is 19.8 Å². The van der Waals surface area contributed by atoms with E-state index in [1.165, 1.54) is 6.42 Å². The molecule has 0 aliphatic carbocycles. The summed E-state index contributed by atoms with van der Waals surface area (Å²) in [5.74, 6) is 0.634. The van der Waals surface area contributed by atoms with E-state index in [9.17, 15) is 4.79 Å². The SMILES string of the molecule is Cc1cc(C)n2ncc(C(=O)N3CCCC(C)C3)c2n1. The molecule has 3 heterocycles. The maximum absolute atomic E-state index is 12.7. The van der Waals surface area contributed by atoms with E-state index in [4.69, 9.17) is 0 Å². The molecule has 106 valence electrons. The summed E-state index contributed by atoms with van der Waals surface area (Å²) in [6, 6.07) is 1.97. The van der Waals surface area contributed by atoms with E-state index in [0.29, 0.717) is 17.1 Å². The quantitative estimate of drug-likeness (QED) is 0.800. The molecule has 1 unspecified atom stereocenters. The second-order valence-electron chi connectivity index (χ2n) is 5.83. The highest BCUT2D eigenvalue weighted by Crippen LogP contribution is 2.20. The van der Waals surface area contributed by atoms with Crippen molar-refractivity contribution in [3.05, 3.63) is 29.2 Å². The third-order valence-electron chi connectivity index (χ3n) is 3.95. The van der Waals surface area contributed by atoms with Gasteiger partial charge in [-0.3, -0.25) is 4.79 Å². The van der Waals surface area contributed by atoms with Crippen molar-refractivity contribution in [2.75, 3.05) is 13.1 Å². The standard InChI is InChI=1S/C15H20N4O/c1-10-5-4-6-18(9-10)15(20)13-8-16-19-12(3)7-11(2)17-14(13)19/h7-8,10H,4-6,9H2,1-3H3. The number of nitrogens with zero attached hydrogens (tertiary/aromatic N) is 4. The van der Waals surface area contributed by atoms with Crippen LogP contribution in [0.3, 0.4) is 0 Å². The zero-order valence-electron chi connectivity index (χ0n) is 12.3. The van der Waals surface area contributed by atoms with Crippen molar-refractivity contribution in [3.63, 3.8) is 0 Å². The number of rotatable bonds is 1. The summed E-state index contributed by atoms with van der Waals surface area (Å²) in [6.45, 7) is 7.79. The van der Waals surface area contributed by atoms with Gasteiger partial charge in [-0.1, -0.05) is 6.92 Å². The Morgan fingerprint density at radius 3 is 2.95 bits per heavy atom. The lowest BCUT2D eigenvalue weighted by Crippen LogP contribution is -2.39.